The van der Waals surface area contributed by atoms with Gasteiger partial charge in [-0.1, -0.05) is 26.7 Å². The first-order chi connectivity index (χ1) is 13.0. The molecule has 0 spiro atoms. The molecule has 0 saturated carbocycles. The number of aryl methyl sites for hydroxylation is 1. The molecule has 5 nitrogen and oxygen atoms in total. The van der Waals surface area contributed by atoms with Gasteiger partial charge in [0.25, 0.3) is 11.5 Å². The Morgan fingerprint density at radius 2 is 1.93 bits per heavy atom. The molecule has 2 aromatic rings. The van der Waals surface area contributed by atoms with Crippen LogP contribution < -0.4 is 10.9 Å². The summed E-state index contributed by atoms with van der Waals surface area (Å²) in [6.07, 6.45) is 7.31. The van der Waals surface area contributed by atoms with Crippen molar-refractivity contribution in [2.24, 2.45) is 5.92 Å². The van der Waals surface area contributed by atoms with Crippen LogP contribution in [0, 0.1) is 5.92 Å². The van der Waals surface area contributed by atoms with Crippen LogP contribution in [-0.2, 0) is 13.0 Å². The zero-order valence-electron chi connectivity index (χ0n) is 16.8. The Hall–Kier alpha value is -2.17. The second kappa shape index (κ2) is 8.68. The molecule has 0 saturated heterocycles. The number of carbonyl (C=O) groups is 1. The minimum atomic E-state index is -0.0956. The molecular formula is C22H31N3O2. The largest absolute Gasteiger partial charge is 0.350 e. The first-order valence-electron chi connectivity index (χ1n) is 10.3. The van der Waals surface area contributed by atoms with Gasteiger partial charge in [-0.2, -0.15) is 0 Å². The van der Waals surface area contributed by atoms with E-state index in [1.807, 2.05) is 11.5 Å². The number of nitrogens with zero attached hydrogens (tertiary/aromatic N) is 2. The highest BCUT2D eigenvalue weighted by molar-refractivity contribution is 5.97. The molecule has 0 radical (unpaired) electrons. The maximum absolute atomic E-state index is 12.9. The molecule has 0 bridgehead atoms. The van der Waals surface area contributed by atoms with Crippen LogP contribution >= 0.6 is 0 Å². The molecule has 3 rings (SSSR count). The number of benzene rings is 1. The fraction of sp³-hybridized carbons (Fsp3) is 0.591. The number of hydrogen-bond acceptors (Lipinski definition) is 3. The average molecular weight is 370 g/mol. The van der Waals surface area contributed by atoms with E-state index < -0.39 is 0 Å². The highest BCUT2D eigenvalue weighted by Gasteiger charge is 2.16. The predicted octanol–water partition coefficient (Wildman–Crippen LogP) is 4.07. The molecule has 27 heavy (non-hydrogen) atoms. The SMILES string of the molecule is CC(C)CCC(C)NC(=O)c1ccc2c(=O)n3c(nc2c1)CCCCCC3. The number of amides is 1. The van der Waals surface area contributed by atoms with Gasteiger partial charge < -0.3 is 5.32 Å². The fourth-order valence-corrected chi connectivity index (χ4v) is 3.70. The van der Waals surface area contributed by atoms with Gasteiger partial charge in [0.2, 0.25) is 0 Å². The summed E-state index contributed by atoms with van der Waals surface area (Å²) in [4.78, 5) is 30.2. The zero-order valence-corrected chi connectivity index (χ0v) is 16.8. The molecule has 1 unspecified atom stereocenters. The highest BCUT2D eigenvalue weighted by atomic mass is 16.1. The molecule has 1 aromatic heterocycles. The van der Waals surface area contributed by atoms with Crippen LogP contribution in [0.3, 0.4) is 0 Å². The van der Waals surface area contributed by atoms with Crippen LogP contribution in [0.2, 0.25) is 0 Å². The minimum Gasteiger partial charge on any atom is -0.350 e. The van der Waals surface area contributed by atoms with E-state index in [4.69, 9.17) is 4.98 Å². The first kappa shape index (κ1) is 19.6. The van der Waals surface area contributed by atoms with Crippen molar-refractivity contribution in [3.05, 3.63) is 39.9 Å². The second-order valence-electron chi connectivity index (χ2n) is 8.23. The van der Waals surface area contributed by atoms with Crippen LogP contribution in [0.15, 0.2) is 23.0 Å². The summed E-state index contributed by atoms with van der Waals surface area (Å²) in [6, 6.07) is 5.39. The number of nitrogens with one attached hydrogen (secondary N) is 1. The quantitative estimate of drug-likeness (QED) is 0.864. The lowest BCUT2D eigenvalue weighted by molar-refractivity contribution is 0.0937. The smallest absolute Gasteiger partial charge is 0.261 e. The molecule has 1 aliphatic heterocycles. The molecule has 2 heterocycles. The normalized spacial score (nSPS) is 15.9. The Kier molecular flexibility index (Phi) is 6.30. The van der Waals surface area contributed by atoms with Crippen LogP contribution in [0.4, 0.5) is 0 Å². The number of carbonyl (C=O) groups excluding carboxylic acids is 1. The summed E-state index contributed by atoms with van der Waals surface area (Å²) < 4.78 is 1.83. The lowest BCUT2D eigenvalue weighted by Gasteiger charge is -2.17. The Balaban J connectivity index is 1.85. The lowest BCUT2D eigenvalue weighted by Crippen LogP contribution is -2.33. The molecule has 0 fully saturated rings. The summed E-state index contributed by atoms with van der Waals surface area (Å²) in [5, 5.41) is 3.66. The minimum absolute atomic E-state index is 0.0224. The number of hydrogen-bond donors (Lipinski definition) is 1. The van der Waals surface area contributed by atoms with Gasteiger partial charge in [-0.25, -0.2) is 4.98 Å². The van der Waals surface area contributed by atoms with E-state index in [2.05, 4.69) is 19.2 Å². The maximum Gasteiger partial charge on any atom is 0.261 e. The molecule has 5 heteroatoms. The van der Waals surface area contributed by atoms with Crippen molar-refractivity contribution in [3.63, 3.8) is 0 Å². The van der Waals surface area contributed by atoms with E-state index in [-0.39, 0.29) is 17.5 Å². The molecule has 1 amide bonds. The van der Waals surface area contributed by atoms with Crippen LogP contribution in [-0.4, -0.2) is 21.5 Å². The predicted molar refractivity (Wildman–Crippen MR) is 109 cm³/mol. The maximum atomic E-state index is 12.9. The van der Waals surface area contributed by atoms with E-state index in [1.54, 1.807) is 18.2 Å². The summed E-state index contributed by atoms with van der Waals surface area (Å²) >= 11 is 0. The molecule has 146 valence electrons. The Labute approximate surface area is 161 Å². The summed E-state index contributed by atoms with van der Waals surface area (Å²) in [5.74, 6) is 1.39. The molecule has 1 N–H and O–H groups in total. The van der Waals surface area contributed by atoms with E-state index in [0.29, 0.717) is 22.4 Å². The summed E-state index contributed by atoms with van der Waals surface area (Å²) in [7, 11) is 0. The Bertz CT molecular complexity index is 870. The van der Waals surface area contributed by atoms with Gasteiger partial charge in [-0.05, 0) is 56.7 Å². The molecule has 0 aliphatic carbocycles. The lowest BCUT2D eigenvalue weighted by atomic mass is 10.0. The standard InChI is InChI=1S/C22H31N3O2/c1-15(2)9-10-16(3)23-21(26)17-11-12-18-19(14-17)24-20-8-6-4-5-7-13-25(20)22(18)27/h11-12,14-16H,4-10,13H2,1-3H3,(H,23,26). The molecule has 1 aromatic carbocycles. The van der Waals surface area contributed by atoms with Crippen molar-refractivity contribution in [1.29, 1.82) is 0 Å². The van der Waals surface area contributed by atoms with Crippen molar-refractivity contribution >= 4 is 16.8 Å². The Morgan fingerprint density at radius 3 is 2.70 bits per heavy atom. The van der Waals surface area contributed by atoms with Gasteiger partial charge in [0.1, 0.15) is 5.82 Å². The van der Waals surface area contributed by atoms with Crippen molar-refractivity contribution in [1.82, 2.24) is 14.9 Å². The average Bonchev–Trinajstić information content (AvgIpc) is 2.61. The van der Waals surface area contributed by atoms with Gasteiger partial charge >= 0.3 is 0 Å². The summed E-state index contributed by atoms with van der Waals surface area (Å²) in [6.45, 7) is 7.15. The number of rotatable bonds is 5. The monoisotopic (exact) mass is 369 g/mol. The van der Waals surface area contributed by atoms with Crippen molar-refractivity contribution in [2.45, 2.75) is 78.3 Å². The molecular weight excluding hydrogens is 338 g/mol. The number of aromatic nitrogens is 2. The van der Waals surface area contributed by atoms with Gasteiger partial charge in [0.15, 0.2) is 0 Å². The van der Waals surface area contributed by atoms with Gasteiger partial charge in [-0.15, -0.1) is 0 Å². The van der Waals surface area contributed by atoms with Crippen molar-refractivity contribution in [2.75, 3.05) is 0 Å². The van der Waals surface area contributed by atoms with E-state index in [0.717, 1.165) is 50.9 Å². The number of fused-ring (bicyclic) bond motifs is 2. The Morgan fingerprint density at radius 1 is 1.15 bits per heavy atom. The molecule has 1 atom stereocenters. The van der Waals surface area contributed by atoms with Crippen LogP contribution in [0.25, 0.3) is 10.9 Å². The van der Waals surface area contributed by atoms with E-state index in [9.17, 15) is 9.59 Å². The third kappa shape index (κ3) is 4.76. The second-order valence-corrected chi connectivity index (χ2v) is 8.23. The third-order valence-electron chi connectivity index (χ3n) is 5.38. The highest BCUT2D eigenvalue weighted by Crippen LogP contribution is 2.17. The van der Waals surface area contributed by atoms with Gasteiger partial charge in [0, 0.05) is 24.6 Å². The van der Waals surface area contributed by atoms with Crippen LogP contribution in [0.1, 0.15) is 75.5 Å². The third-order valence-corrected chi connectivity index (χ3v) is 5.38. The fourth-order valence-electron chi connectivity index (χ4n) is 3.70. The van der Waals surface area contributed by atoms with E-state index in [1.165, 1.54) is 6.42 Å². The van der Waals surface area contributed by atoms with Crippen molar-refractivity contribution < 1.29 is 4.79 Å². The zero-order chi connectivity index (χ0) is 19.4. The van der Waals surface area contributed by atoms with Crippen molar-refractivity contribution in [3.8, 4) is 0 Å². The van der Waals surface area contributed by atoms with Gasteiger partial charge in [-0.3, -0.25) is 14.2 Å². The first-order valence-corrected chi connectivity index (χ1v) is 10.3. The van der Waals surface area contributed by atoms with Gasteiger partial charge in [0.05, 0.1) is 10.9 Å². The van der Waals surface area contributed by atoms with Crippen LogP contribution in [0.5, 0.6) is 0 Å². The summed E-state index contributed by atoms with van der Waals surface area (Å²) in [5.41, 5.74) is 1.23. The topological polar surface area (TPSA) is 64.0 Å². The van der Waals surface area contributed by atoms with E-state index >= 15 is 0 Å². The molecule has 1 aliphatic rings.